The third kappa shape index (κ3) is 3.57. The van der Waals surface area contributed by atoms with Crippen LogP contribution in [0, 0.1) is 17.7 Å². The number of anilines is 1. The Morgan fingerprint density at radius 2 is 1.97 bits per heavy atom. The maximum Gasteiger partial charge on any atom is 0.276 e. The van der Waals surface area contributed by atoms with E-state index < -0.39 is 35.2 Å². The van der Waals surface area contributed by atoms with Gasteiger partial charge in [-0.05, 0) is 43.2 Å². The van der Waals surface area contributed by atoms with Crippen molar-refractivity contribution in [1.82, 2.24) is 5.32 Å². The van der Waals surface area contributed by atoms with Gasteiger partial charge in [-0.15, -0.1) is 0 Å². The smallest absolute Gasteiger partial charge is 0.276 e. The quantitative estimate of drug-likeness (QED) is 0.670. The predicted molar refractivity (Wildman–Crippen MR) is 117 cm³/mol. The van der Waals surface area contributed by atoms with Crippen molar-refractivity contribution in [1.29, 1.82) is 0 Å². The van der Waals surface area contributed by atoms with Crippen LogP contribution in [0.1, 0.15) is 28.8 Å². The fourth-order valence-corrected chi connectivity index (χ4v) is 5.71. The highest BCUT2D eigenvalue weighted by Crippen LogP contribution is 2.56. The molecule has 3 atom stereocenters. The molecule has 2 aliphatic heterocycles. The van der Waals surface area contributed by atoms with Gasteiger partial charge in [-0.1, -0.05) is 30.0 Å². The Kier molecular flexibility index (Phi) is 5.21. The molecule has 2 aromatic rings. The van der Waals surface area contributed by atoms with Gasteiger partial charge in [0.25, 0.3) is 11.8 Å². The van der Waals surface area contributed by atoms with E-state index in [4.69, 9.17) is 10.5 Å². The van der Waals surface area contributed by atoms with Crippen LogP contribution in [-0.2, 0) is 10.3 Å². The Bertz CT molecular complexity index is 1080. The maximum absolute atomic E-state index is 15.1. The van der Waals surface area contributed by atoms with E-state index in [1.54, 1.807) is 30.3 Å². The van der Waals surface area contributed by atoms with Gasteiger partial charge >= 0.3 is 0 Å². The van der Waals surface area contributed by atoms with Crippen LogP contribution in [0.2, 0.25) is 0 Å². The van der Waals surface area contributed by atoms with E-state index in [2.05, 4.69) is 10.3 Å². The summed E-state index contributed by atoms with van der Waals surface area (Å²) in [5.41, 5.74) is 5.36. The third-order valence-corrected chi connectivity index (χ3v) is 7.37. The van der Waals surface area contributed by atoms with Crippen LogP contribution in [0.15, 0.2) is 53.5 Å². The zero-order valence-corrected chi connectivity index (χ0v) is 17.9. The Balaban J connectivity index is 1.54. The largest absolute Gasteiger partial charge is 0.399 e. The van der Waals surface area contributed by atoms with Gasteiger partial charge in [0.15, 0.2) is 5.17 Å². The van der Waals surface area contributed by atoms with Crippen LogP contribution >= 0.6 is 11.8 Å². The lowest BCUT2D eigenvalue weighted by Gasteiger charge is -2.38. The second-order valence-electron chi connectivity index (χ2n) is 8.50. The van der Waals surface area contributed by atoms with Gasteiger partial charge < -0.3 is 15.8 Å². The number of benzene rings is 2. The molecule has 0 radical (unpaired) electrons. The molecule has 2 heterocycles. The van der Waals surface area contributed by atoms with Gasteiger partial charge in [0, 0.05) is 34.4 Å². The lowest BCUT2D eigenvalue weighted by molar-refractivity contribution is -0.141. The number of halogens is 3. The lowest BCUT2D eigenvalue weighted by Crippen LogP contribution is -2.49. The van der Waals surface area contributed by atoms with E-state index in [0.717, 1.165) is 0 Å². The highest BCUT2D eigenvalue weighted by atomic mass is 32.2. The Hall–Kier alpha value is -2.52. The molecule has 32 heavy (non-hydrogen) atoms. The molecule has 3 aliphatic rings. The van der Waals surface area contributed by atoms with Crippen molar-refractivity contribution in [3.63, 3.8) is 0 Å². The first-order chi connectivity index (χ1) is 15.3. The summed E-state index contributed by atoms with van der Waals surface area (Å²) >= 11 is 1.17. The summed E-state index contributed by atoms with van der Waals surface area (Å²) in [6.45, 7) is -0.212. The molecule has 1 aliphatic carbocycles. The number of rotatable bonds is 4. The topological polar surface area (TPSA) is 76.7 Å². The highest BCUT2D eigenvalue weighted by molar-refractivity contribution is 8.13. The van der Waals surface area contributed by atoms with E-state index in [1.165, 1.54) is 30.0 Å². The SMILES string of the molecule is Nc1ccc(F)c([C@]23CO[C@H](C(F)(F)C4CC4)[C@H]2CSC(NC(=O)c2ccccc2)=N3)c1. The molecule has 5 rings (SSSR count). The molecule has 2 fully saturated rings. The van der Waals surface area contributed by atoms with Gasteiger partial charge in [0.1, 0.15) is 17.5 Å². The van der Waals surface area contributed by atoms with Crippen molar-refractivity contribution in [2.75, 3.05) is 18.1 Å². The average molecular weight is 462 g/mol. The van der Waals surface area contributed by atoms with Crippen LogP contribution in [0.25, 0.3) is 0 Å². The number of nitrogens with zero attached hydrogens (tertiary/aromatic N) is 1. The minimum atomic E-state index is -3.02. The molecule has 5 nitrogen and oxygen atoms in total. The number of amides is 1. The van der Waals surface area contributed by atoms with Crippen molar-refractivity contribution in [2.45, 2.75) is 30.4 Å². The molecule has 0 unspecified atom stereocenters. The van der Waals surface area contributed by atoms with Gasteiger partial charge in [0.05, 0.1) is 6.61 Å². The number of aliphatic imine (C=N–C) groups is 1. The molecule has 9 heteroatoms. The van der Waals surface area contributed by atoms with Gasteiger partial charge in [-0.25, -0.2) is 18.2 Å². The summed E-state index contributed by atoms with van der Waals surface area (Å²) in [7, 11) is 0. The predicted octanol–water partition coefficient (Wildman–Crippen LogP) is 4.20. The number of ether oxygens (including phenoxy) is 1. The summed E-state index contributed by atoms with van der Waals surface area (Å²) in [6.07, 6.45) is -0.472. The number of nitrogen functional groups attached to an aromatic ring is 1. The molecular weight excluding hydrogens is 439 g/mol. The fourth-order valence-electron chi connectivity index (χ4n) is 4.53. The Morgan fingerprint density at radius 1 is 1.22 bits per heavy atom. The summed E-state index contributed by atoms with van der Waals surface area (Å²) in [4.78, 5) is 17.3. The standard InChI is InChI=1S/C23H22F3N3O2S/c24-18-9-8-15(27)10-16(18)22-12-31-19(23(25,26)14-6-7-14)17(22)11-32-21(29-22)28-20(30)13-4-2-1-3-5-13/h1-5,8-10,14,17,19H,6-7,11-12,27H2,(H,28,29,30)/t17-,19+,22-/m1/s1. The second kappa shape index (κ2) is 7.81. The number of thioether (sulfide) groups is 1. The van der Waals surface area contributed by atoms with E-state index in [9.17, 15) is 9.18 Å². The molecule has 0 spiro atoms. The summed E-state index contributed by atoms with van der Waals surface area (Å²) in [6, 6.07) is 12.6. The first-order valence-electron chi connectivity index (χ1n) is 10.5. The summed E-state index contributed by atoms with van der Waals surface area (Å²) in [5, 5.41) is 2.99. The highest BCUT2D eigenvalue weighted by Gasteiger charge is 2.65. The molecule has 2 aromatic carbocycles. The molecule has 0 bridgehead atoms. The average Bonchev–Trinajstić information content (AvgIpc) is 3.57. The number of carbonyl (C=O) groups excluding carboxylic acids is 1. The lowest BCUT2D eigenvalue weighted by atomic mass is 9.76. The monoisotopic (exact) mass is 461 g/mol. The zero-order valence-electron chi connectivity index (χ0n) is 17.1. The van der Waals surface area contributed by atoms with Crippen molar-refractivity contribution < 1.29 is 22.7 Å². The third-order valence-electron chi connectivity index (χ3n) is 6.38. The van der Waals surface area contributed by atoms with Crippen LogP contribution < -0.4 is 11.1 Å². The number of hydrogen-bond donors (Lipinski definition) is 2. The minimum Gasteiger partial charge on any atom is -0.399 e. The van der Waals surface area contributed by atoms with Crippen molar-refractivity contribution in [3.05, 3.63) is 65.5 Å². The van der Waals surface area contributed by atoms with E-state index in [1.807, 2.05) is 0 Å². The Labute approximate surface area is 187 Å². The van der Waals surface area contributed by atoms with Crippen LogP contribution in [0.5, 0.6) is 0 Å². The first kappa shape index (κ1) is 21.3. The van der Waals surface area contributed by atoms with Crippen LogP contribution in [0.3, 0.4) is 0 Å². The fraction of sp³-hybridized carbons (Fsp3) is 0.391. The summed E-state index contributed by atoms with van der Waals surface area (Å²) < 4.78 is 50.9. The molecule has 1 saturated heterocycles. The number of alkyl halides is 2. The van der Waals surface area contributed by atoms with Crippen LogP contribution in [-0.4, -0.2) is 35.5 Å². The molecule has 0 aromatic heterocycles. The van der Waals surface area contributed by atoms with E-state index in [-0.39, 0.29) is 29.0 Å². The Morgan fingerprint density at radius 3 is 2.69 bits per heavy atom. The first-order valence-corrected chi connectivity index (χ1v) is 11.4. The maximum atomic E-state index is 15.1. The number of nitrogens with one attached hydrogen (secondary N) is 1. The molecule has 168 valence electrons. The van der Waals surface area contributed by atoms with Crippen LogP contribution in [0.4, 0.5) is 18.9 Å². The number of amidine groups is 1. The normalized spacial score (nSPS) is 27.5. The minimum absolute atomic E-state index is 0.114. The number of hydrogen-bond acceptors (Lipinski definition) is 5. The molecule has 1 saturated carbocycles. The van der Waals surface area contributed by atoms with Crippen molar-refractivity contribution >= 4 is 28.5 Å². The number of fused-ring (bicyclic) bond motifs is 1. The second-order valence-corrected chi connectivity index (χ2v) is 9.51. The van der Waals surface area contributed by atoms with Gasteiger partial charge in [-0.2, -0.15) is 0 Å². The molecule has 3 N–H and O–H groups in total. The van der Waals surface area contributed by atoms with E-state index in [0.29, 0.717) is 24.1 Å². The number of carbonyl (C=O) groups is 1. The zero-order chi connectivity index (χ0) is 22.5. The van der Waals surface area contributed by atoms with Gasteiger partial charge in [-0.3, -0.25) is 4.79 Å². The van der Waals surface area contributed by atoms with E-state index >= 15 is 8.78 Å². The number of nitrogens with two attached hydrogens (primary N) is 1. The van der Waals surface area contributed by atoms with Gasteiger partial charge in [0.2, 0.25) is 0 Å². The molecular formula is C23H22F3N3O2S. The van der Waals surface area contributed by atoms with Crippen molar-refractivity contribution in [2.24, 2.45) is 16.8 Å². The molecule has 1 amide bonds. The summed E-state index contributed by atoms with van der Waals surface area (Å²) in [5.74, 6) is -5.28. The van der Waals surface area contributed by atoms with Crippen molar-refractivity contribution in [3.8, 4) is 0 Å².